The fourth-order valence-electron chi connectivity index (χ4n) is 0.647. The number of hydrogen-bond acceptors (Lipinski definition) is 4. The molecule has 72 valence electrons. The SMILES string of the molecule is CNC(=O)CS(=O)(=O)CCCN. The summed E-state index contributed by atoms with van der Waals surface area (Å²) in [7, 11) is -1.84. The van der Waals surface area contributed by atoms with Gasteiger partial charge in [0.25, 0.3) is 0 Å². The predicted molar refractivity (Wildman–Crippen MR) is 46.4 cm³/mol. The van der Waals surface area contributed by atoms with Crippen LogP contribution in [-0.2, 0) is 14.6 Å². The van der Waals surface area contributed by atoms with Crippen molar-refractivity contribution in [3.63, 3.8) is 0 Å². The summed E-state index contributed by atoms with van der Waals surface area (Å²) in [6, 6.07) is 0. The summed E-state index contributed by atoms with van der Waals surface area (Å²) in [6.07, 6.45) is 0.402. The molecular formula is C6H14N2O3S. The molecule has 0 rings (SSSR count). The Balaban J connectivity index is 3.96. The number of sulfone groups is 1. The molecule has 0 aromatic carbocycles. The molecule has 0 aromatic heterocycles. The van der Waals surface area contributed by atoms with E-state index in [1.165, 1.54) is 7.05 Å². The van der Waals surface area contributed by atoms with E-state index in [-0.39, 0.29) is 5.75 Å². The van der Waals surface area contributed by atoms with Crippen LogP contribution in [0.25, 0.3) is 0 Å². The van der Waals surface area contributed by atoms with Crippen LogP contribution < -0.4 is 11.1 Å². The van der Waals surface area contributed by atoms with E-state index in [0.29, 0.717) is 13.0 Å². The van der Waals surface area contributed by atoms with Crippen LogP contribution in [0.1, 0.15) is 6.42 Å². The van der Waals surface area contributed by atoms with E-state index in [1.54, 1.807) is 0 Å². The second-order valence-corrected chi connectivity index (χ2v) is 4.59. The van der Waals surface area contributed by atoms with E-state index >= 15 is 0 Å². The van der Waals surface area contributed by atoms with Crippen LogP contribution in [0.3, 0.4) is 0 Å². The number of carbonyl (C=O) groups excluding carboxylic acids is 1. The molecule has 0 saturated carbocycles. The van der Waals surface area contributed by atoms with Gasteiger partial charge in [-0.25, -0.2) is 8.42 Å². The molecule has 0 aliphatic heterocycles. The van der Waals surface area contributed by atoms with E-state index in [1.807, 2.05) is 0 Å². The van der Waals surface area contributed by atoms with Crippen LogP contribution in [0.5, 0.6) is 0 Å². The molecule has 1 amide bonds. The van der Waals surface area contributed by atoms with Gasteiger partial charge >= 0.3 is 0 Å². The van der Waals surface area contributed by atoms with Crippen molar-refractivity contribution in [1.29, 1.82) is 0 Å². The molecule has 0 aliphatic carbocycles. The van der Waals surface area contributed by atoms with Gasteiger partial charge in [-0.15, -0.1) is 0 Å². The molecule has 0 aliphatic rings. The topological polar surface area (TPSA) is 89.3 Å². The molecule has 0 bridgehead atoms. The number of amides is 1. The van der Waals surface area contributed by atoms with Crippen molar-refractivity contribution in [3.8, 4) is 0 Å². The maximum atomic E-state index is 11.0. The fraction of sp³-hybridized carbons (Fsp3) is 0.833. The minimum Gasteiger partial charge on any atom is -0.358 e. The summed E-state index contributed by atoms with van der Waals surface area (Å²) in [5.41, 5.74) is 5.13. The van der Waals surface area contributed by atoms with E-state index in [4.69, 9.17) is 5.73 Å². The number of nitrogens with one attached hydrogen (secondary N) is 1. The van der Waals surface area contributed by atoms with Crippen LogP contribution in [0.15, 0.2) is 0 Å². The summed E-state index contributed by atoms with van der Waals surface area (Å²) in [6.45, 7) is 0.326. The van der Waals surface area contributed by atoms with E-state index in [9.17, 15) is 13.2 Å². The molecule has 0 saturated heterocycles. The van der Waals surface area contributed by atoms with Crippen LogP contribution in [0.2, 0.25) is 0 Å². The quantitative estimate of drug-likeness (QED) is 0.557. The van der Waals surface area contributed by atoms with Crippen LogP contribution in [-0.4, -0.2) is 39.4 Å². The maximum absolute atomic E-state index is 11.0. The second kappa shape index (κ2) is 5.10. The third-order valence-corrected chi connectivity index (χ3v) is 2.90. The van der Waals surface area contributed by atoms with Crippen molar-refractivity contribution in [1.82, 2.24) is 5.32 Å². The van der Waals surface area contributed by atoms with Gasteiger partial charge in [-0.05, 0) is 13.0 Å². The third-order valence-electron chi connectivity index (χ3n) is 1.29. The van der Waals surface area contributed by atoms with Gasteiger partial charge in [0.15, 0.2) is 9.84 Å². The highest BCUT2D eigenvalue weighted by molar-refractivity contribution is 7.92. The standard InChI is InChI=1S/C6H14N2O3S/c1-8-6(9)5-12(10,11)4-2-3-7/h2-5,7H2,1H3,(H,8,9). The van der Waals surface area contributed by atoms with Gasteiger partial charge in [0, 0.05) is 7.05 Å². The zero-order valence-corrected chi connectivity index (χ0v) is 7.86. The minimum absolute atomic E-state index is 0.0169. The lowest BCUT2D eigenvalue weighted by Gasteiger charge is -2.01. The van der Waals surface area contributed by atoms with Crippen LogP contribution >= 0.6 is 0 Å². The van der Waals surface area contributed by atoms with Gasteiger partial charge in [0.2, 0.25) is 5.91 Å². The second-order valence-electron chi connectivity index (χ2n) is 2.41. The molecule has 5 nitrogen and oxygen atoms in total. The average Bonchev–Trinajstić information content (AvgIpc) is 2.00. The molecule has 0 spiro atoms. The monoisotopic (exact) mass is 194 g/mol. The zero-order chi connectivity index (χ0) is 9.61. The number of hydrogen-bond donors (Lipinski definition) is 2. The molecule has 6 heteroatoms. The van der Waals surface area contributed by atoms with E-state index in [2.05, 4.69) is 5.32 Å². The van der Waals surface area contributed by atoms with Crippen molar-refractivity contribution >= 4 is 15.7 Å². The van der Waals surface area contributed by atoms with Gasteiger partial charge in [0.05, 0.1) is 5.75 Å². The fourth-order valence-corrected chi connectivity index (χ4v) is 1.94. The first-order chi connectivity index (χ1) is 5.52. The summed E-state index contributed by atoms with van der Waals surface area (Å²) in [5, 5.41) is 2.25. The van der Waals surface area contributed by atoms with Crippen molar-refractivity contribution in [2.75, 3.05) is 25.1 Å². The van der Waals surface area contributed by atoms with Gasteiger partial charge < -0.3 is 11.1 Å². The van der Waals surface area contributed by atoms with Crippen molar-refractivity contribution < 1.29 is 13.2 Å². The highest BCUT2D eigenvalue weighted by Gasteiger charge is 2.14. The molecule has 3 N–H and O–H groups in total. The normalized spacial score (nSPS) is 11.2. The Morgan fingerprint density at radius 2 is 2.08 bits per heavy atom. The number of nitrogens with two attached hydrogens (primary N) is 1. The highest BCUT2D eigenvalue weighted by atomic mass is 32.2. The smallest absolute Gasteiger partial charge is 0.234 e. The lowest BCUT2D eigenvalue weighted by molar-refractivity contribution is -0.118. The first-order valence-electron chi connectivity index (χ1n) is 3.63. The lowest BCUT2D eigenvalue weighted by Crippen LogP contribution is -2.28. The third kappa shape index (κ3) is 5.09. The summed E-state index contributed by atoms with van der Waals surface area (Å²) >= 11 is 0. The van der Waals surface area contributed by atoms with Crippen molar-refractivity contribution in [2.24, 2.45) is 5.73 Å². The predicted octanol–water partition coefficient (Wildman–Crippen LogP) is -1.50. The van der Waals surface area contributed by atoms with Crippen molar-refractivity contribution in [3.05, 3.63) is 0 Å². The van der Waals surface area contributed by atoms with E-state index in [0.717, 1.165) is 0 Å². The molecule has 0 unspecified atom stereocenters. The van der Waals surface area contributed by atoms with Gasteiger partial charge in [0.1, 0.15) is 5.75 Å². The minimum atomic E-state index is -3.25. The highest BCUT2D eigenvalue weighted by Crippen LogP contribution is 1.92. The number of rotatable bonds is 5. The zero-order valence-electron chi connectivity index (χ0n) is 7.04. The Morgan fingerprint density at radius 3 is 2.50 bits per heavy atom. The molecule has 0 aromatic rings. The van der Waals surface area contributed by atoms with Crippen molar-refractivity contribution in [2.45, 2.75) is 6.42 Å². The molecule has 0 radical (unpaired) electrons. The van der Waals surface area contributed by atoms with Gasteiger partial charge in [-0.2, -0.15) is 0 Å². The molecule has 12 heavy (non-hydrogen) atoms. The van der Waals surface area contributed by atoms with E-state index < -0.39 is 21.5 Å². The molecule has 0 atom stereocenters. The molecular weight excluding hydrogens is 180 g/mol. The number of carbonyl (C=O) groups is 1. The maximum Gasteiger partial charge on any atom is 0.234 e. The van der Waals surface area contributed by atoms with Crippen LogP contribution in [0.4, 0.5) is 0 Å². The average molecular weight is 194 g/mol. The lowest BCUT2D eigenvalue weighted by atomic mass is 10.5. The van der Waals surface area contributed by atoms with Gasteiger partial charge in [-0.3, -0.25) is 4.79 Å². The first-order valence-corrected chi connectivity index (χ1v) is 5.45. The Labute approximate surface area is 72.2 Å². The summed E-state index contributed by atoms with van der Waals surface area (Å²) < 4.78 is 22.1. The summed E-state index contributed by atoms with van der Waals surface area (Å²) in [4.78, 5) is 10.7. The first kappa shape index (κ1) is 11.4. The van der Waals surface area contributed by atoms with Crippen LogP contribution in [0, 0.1) is 0 Å². The summed E-state index contributed by atoms with van der Waals surface area (Å²) in [5.74, 6) is -0.938. The Bertz CT molecular complexity index is 235. The Kier molecular flexibility index (Phi) is 4.84. The van der Waals surface area contributed by atoms with Gasteiger partial charge in [-0.1, -0.05) is 0 Å². The molecule has 0 fully saturated rings. The Hall–Kier alpha value is -0.620. The Morgan fingerprint density at radius 1 is 1.50 bits per heavy atom. The molecule has 0 heterocycles. The largest absolute Gasteiger partial charge is 0.358 e.